The molecule has 0 aliphatic carbocycles. The maximum atomic E-state index is 13.9. The van der Waals surface area contributed by atoms with Gasteiger partial charge in [0.2, 0.25) is 5.91 Å². The van der Waals surface area contributed by atoms with E-state index in [1.54, 1.807) is 4.57 Å². The molecule has 0 spiro atoms. The van der Waals surface area contributed by atoms with Crippen LogP contribution in [0.3, 0.4) is 0 Å². The zero-order chi connectivity index (χ0) is 19.0. The summed E-state index contributed by atoms with van der Waals surface area (Å²) in [6.45, 7) is 1.77. The molecule has 0 aliphatic rings. The van der Waals surface area contributed by atoms with Crippen molar-refractivity contribution in [3.63, 3.8) is 0 Å². The van der Waals surface area contributed by atoms with Crippen molar-refractivity contribution < 1.29 is 18.4 Å². The number of aromatic nitrogens is 1. The molecule has 3 aromatic rings. The van der Waals surface area contributed by atoms with E-state index in [0.29, 0.717) is 6.07 Å². The first kappa shape index (κ1) is 18.1. The molecule has 0 fully saturated rings. The number of primary amides is 1. The van der Waals surface area contributed by atoms with Crippen LogP contribution in [0, 0.1) is 18.6 Å². The zero-order valence-electron chi connectivity index (χ0n) is 13.6. The summed E-state index contributed by atoms with van der Waals surface area (Å²) in [5, 5.41) is 3.30. The maximum Gasteiger partial charge on any atom is 0.251 e. The van der Waals surface area contributed by atoms with E-state index in [9.17, 15) is 18.4 Å². The van der Waals surface area contributed by atoms with Gasteiger partial charge in [0.1, 0.15) is 18.2 Å². The molecule has 8 heteroatoms. The van der Waals surface area contributed by atoms with Crippen LogP contribution >= 0.6 is 15.9 Å². The number of nitrogens with zero attached hydrogens (tertiary/aromatic N) is 1. The normalized spacial score (nSPS) is 10.9. The molecule has 0 unspecified atom stereocenters. The lowest BCUT2D eigenvalue weighted by atomic mass is 10.1. The van der Waals surface area contributed by atoms with Gasteiger partial charge in [-0.25, -0.2) is 8.78 Å². The van der Waals surface area contributed by atoms with Crippen molar-refractivity contribution in [2.24, 2.45) is 5.73 Å². The molecule has 1 aromatic heterocycles. The van der Waals surface area contributed by atoms with E-state index in [-0.39, 0.29) is 12.2 Å². The summed E-state index contributed by atoms with van der Waals surface area (Å²) in [5.74, 6) is -3.64. The molecule has 0 saturated carbocycles. The van der Waals surface area contributed by atoms with Gasteiger partial charge in [-0.2, -0.15) is 0 Å². The lowest BCUT2D eigenvalue weighted by Crippen LogP contribution is -2.21. The summed E-state index contributed by atoms with van der Waals surface area (Å²) >= 11 is 3.50. The minimum atomic E-state index is -1.08. The minimum Gasteiger partial charge on any atom is -0.366 e. The number of amides is 2. The topological polar surface area (TPSA) is 77.1 Å². The van der Waals surface area contributed by atoms with Gasteiger partial charge in [0.05, 0.1) is 11.3 Å². The Balaban J connectivity index is 1.90. The van der Waals surface area contributed by atoms with E-state index >= 15 is 0 Å². The van der Waals surface area contributed by atoms with Crippen LogP contribution < -0.4 is 11.1 Å². The maximum absolute atomic E-state index is 13.9. The summed E-state index contributed by atoms with van der Waals surface area (Å²) in [6, 6.07) is 8.92. The monoisotopic (exact) mass is 421 g/mol. The molecule has 0 saturated heterocycles. The molecular weight excluding hydrogens is 408 g/mol. The number of nitrogens with two attached hydrogens (primary N) is 1. The van der Waals surface area contributed by atoms with E-state index in [2.05, 4.69) is 21.2 Å². The fraction of sp³-hybridized carbons (Fsp3) is 0.111. The summed E-state index contributed by atoms with van der Waals surface area (Å²) < 4.78 is 30.1. The number of fused-ring (bicyclic) bond motifs is 1. The highest BCUT2D eigenvalue weighted by molar-refractivity contribution is 9.10. The van der Waals surface area contributed by atoms with Crippen LogP contribution in [0.2, 0.25) is 0 Å². The number of carbonyl (C=O) groups is 2. The zero-order valence-corrected chi connectivity index (χ0v) is 15.2. The highest BCUT2D eigenvalue weighted by Crippen LogP contribution is 2.30. The van der Waals surface area contributed by atoms with Gasteiger partial charge >= 0.3 is 0 Å². The number of hydrogen-bond donors (Lipinski definition) is 2. The van der Waals surface area contributed by atoms with Crippen molar-refractivity contribution in [1.82, 2.24) is 4.57 Å². The highest BCUT2D eigenvalue weighted by Gasteiger charge is 2.18. The van der Waals surface area contributed by atoms with E-state index < -0.39 is 29.0 Å². The van der Waals surface area contributed by atoms with E-state index in [4.69, 9.17) is 5.73 Å². The van der Waals surface area contributed by atoms with Crippen molar-refractivity contribution >= 4 is 44.3 Å². The average Bonchev–Trinajstić information content (AvgIpc) is 2.82. The fourth-order valence-electron chi connectivity index (χ4n) is 2.76. The molecule has 1 heterocycles. The average molecular weight is 422 g/mol. The minimum absolute atomic E-state index is 0.0827. The van der Waals surface area contributed by atoms with Gasteiger partial charge in [-0.05, 0) is 35.0 Å². The third kappa shape index (κ3) is 3.20. The first-order chi connectivity index (χ1) is 12.3. The Morgan fingerprint density at radius 2 is 1.88 bits per heavy atom. The molecular formula is C18H14BrF2N3O2. The first-order valence-corrected chi connectivity index (χ1v) is 8.41. The molecule has 3 N–H and O–H groups in total. The number of halogens is 3. The Bertz CT molecular complexity index is 1050. The second-order valence-corrected chi connectivity index (χ2v) is 6.52. The summed E-state index contributed by atoms with van der Waals surface area (Å²) in [5.41, 5.74) is 5.92. The Hall–Kier alpha value is -2.74. The Labute approximate surface area is 155 Å². The molecule has 0 aliphatic heterocycles. The van der Waals surface area contributed by atoms with E-state index in [1.165, 1.54) is 0 Å². The van der Waals surface area contributed by atoms with Crippen LogP contribution in [-0.2, 0) is 11.3 Å². The van der Waals surface area contributed by atoms with Crippen LogP contribution in [0.25, 0.3) is 10.9 Å². The number of carbonyl (C=O) groups excluding carboxylic acids is 2. The molecule has 0 atom stereocenters. The van der Waals surface area contributed by atoms with Crippen LogP contribution in [0.4, 0.5) is 14.5 Å². The summed E-state index contributed by atoms with van der Waals surface area (Å²) in [4.78, 5) is 23.6. The lowest BCUT2D eigenvalue weighted by molar-refractivity contribution is -0.116. The highest BCUT2D eigenvalue weighted by atomic mass is 79.9. The van der Waals surface area contributed by atoms with Gasteiger partial charge in [-0.15, -0.1) is 0 Å². The molecule has 2 amide bonds. The van der Waals surface area contributed by atoms with Crippen molar-refractivity contribution in [3.05, 3.63) is 63.8 Å². The third-order valence-electron chi connectivity index (χ3n) is 4.05. The molecule has 3 rings (SSSR count). The Morgan fingerprint density at radius 1 is 1.19 bits per heavy atom. The second-order valence-electron chi connectivity index (χ2n) is 5.73. The molecule has 26 heavy (non-hydrogen) atoms. The molecule has 5 nitrogen and oxygen atoms in total. The molecule has 134 valence electrons. The summed E-state index contributed by atoms with van der Waals surface area (Å²) in [7, 11) is 0. The van der Waals surface area contributed by atoms with Crippen LogP contribution in [0.1, 0.15) is 16.1 Å². The van der Waals surface area contributed by atoms with Gasteiger partial charge in [0.25, 0.3) is 5.91 Å². The number of nitrogens with one attached hydrogen (secondary N) is 1. The number of anilines is 1. The van der Waals surface area contributed by atoms with Crippen molar-refractivity contribution in [3.8, 4) is 0 Å². The van der Waals surface area contributed by atoms with Gasteiger partial charge in [0.15, 0.2) is 0 Å². The standard InChI is InChI=1S/C18H14BrF2N3O2/c1-9-17(19)10-4-2-3-5-15(10)24(9)8-16(25)23-14-6-11(18(22)26)12(20)7-13(14)21/h2-7H,8H2,1H3,(H2,22,26)(H,23,25). The van der Waals surface area contributed by atoms with Gasteiger partial charge in [0, 0.05) is 27.1 Å². The number of rotatable bonds is 4. The van der Waals surface area contributed by atoms with Crippen molar-refractivity contribution in [1.29, 1.82) is 0 Å². The van der Waals surface area contributed by atoms with Gasteiger partial charge in [-0.3, -0.25) is 9.59 Å². The summed E-state index contributed by atoms with van der Waals surface area (Å²) in [6.07, 6.45) is 0. The molecule has 2 aromatic carbocycles. The predicted molar refractivity (Wildman–Crippen MR) is 97.9 cm³/mol. The quantitative estimate of drug-likeness (QED) is 0.673. The SMILES string of the molecule is Cc1c(Br)c2ccccc2n1CC(=O)Nc1cc(C(N)=O)c(F)cc1F. The van der Waals surface area contributed by atoms with Gasteiger partial charge < -0.3 is 15.6 Å². The van der Waals surface area contributed by atoms with Gasteiger partial charge in [-0.1, -0.05) is 18.2 Å². The van der Waals surface area contributed by atoms with E-state index in [0.717, 1.165) is 27.1 Å². The predicted octanol–water partition coefficient (Wildman–Crippen LogP) is 3.73. The van der Waals surface area contributed by atoms with Crippen LogP contribution in [0.5, 0.6) is 0 Å². The Kier molecular flexibility index (Phi) is 4.78. The largest absolute Gasteiger partial charge is 0.366 e. The first-order valence-electron chi connectivity index (χ1n) is 7.61. The number of para-hydroxylation sites is 1. The second kappa shape index (κ2) is 6.87. The number of hydrogen-bond acceptors (Lipinski definition) is 2. The van der Waals surface area contributed by atoms with Crippen molar-refractivity contribution in [2.75, 3.05) is 5.32 Å². The van der Waals surface area contributed by atoms with Crippen molar-refractivity contribution in [2.45, 2.75) is 13.5 Å². The van der Waals surface area contributed by atoms with E-state index in [1.807, 2.05) is 31.2 Å². The molecule has 0 bridgehead atoms. The Morgan fingerprint density at radius 3 is 2.58 bits per heavy atom. The third-order valence-corrected chi connectivity index (χ3v) is 5.05. The smallest absolute Gasteiger partial charge is 0.251 e. The van der Waals surface area contributed by atoms with Crippen LogP contribution in [0.15, 0.2) is 40.9 Å². The fourth-order valence-corrected chi connectivity index (χ4v) is 3.31. The van der Waals surface area contributed by atoms with Crippen LogP contribution in [-0.4, -0.2) is 16.4 Å². The number of benzene rings is 2. The lowest BCUT2D eigenvalue weighted by Gasteiger charge is -2.11. The molecule has 0 radical (unpaired) electrons.